The van der Waals surface area contributed by atoms with Crippen molar-refractivity contribution < 1.29 is 4.74 Å². The predicted octanol–water partition coefficient (Wildman–Crippen LogP) is 5.93. The van der Waals surface area contributed by atoms with Gasteiger partial charge in [0, 0.05) is 24.2 Å². The van der Waals surface area contributed by atoms with Crippen molar-refractivity contribution in [3.8, 4) is 17.0 Å². The highest BCUT2D eigenvalue weighted by atomic mass is 35.5. The van der Waals surface area contributed by atoms with Gasteiger partial charge in [0.05, 0.1) is 11.9 Å². The van der Waals surface area contributed by atoms with Gasteiger partial charge in [-0.3, -0.25) is 0 Å². The molecule has 0 aliphatic heterocycles. The first kappa shape index (κ1) is 19.1. The quantitative estimate of drug-likeness (QED) is 0.415. The zero-order chi connectivity index (χ0) is 20.1. The molecule has 0 radical (unpaired) electrons. The molecule has 0 saturated heterocycles. The molecule has 4 nitrogen and oxygen atoms in total. The van der Waals surface area contributed by atoms with E-state index in [1.807, 2.05) is 72.4 Å². The number of nitrogens with one attached hydrogen (secondary N) is 1. The number of rotatable bonds is 7. The van der Waals surface area contributed by atoms with E-state index in [2.05, 4.69) is 34.6 Å². The standard InChI is InChI=1S/C24H22ClN3O/c1-28-23(20-10-6-11-21(25)14-20)16-27-24(28)26-15-19-9-5-12-22(13-19)29-17-18-7-3-2-4-8-18/h2-14,16H,15,17H2,1H3,(H,26,27). The summed E-state index contributed by atoms with van der Waals surface area (Å²) in [4.78, 5) is 4.51. The minimum atomic E-state index is 0.556. The Morgan fingerprint density at radius 1 is 0.931 bits per heavy atom. The number of benzene rings is 3. The van der Waals surface area contributed by atoms with Crippen molar-refractivity contribution in [2.45, 2.75) is 13.2 Å². The zero-order valence-electron chi connectivity index (χ0n) is 16.2. The Balaban J connectivity index is 1.40. The summed E-state index contributed by atoms with van der Waals surface area (Å²) >= 11 is 6.12. The fraction of sp³-hybridized carbons (Fsp3) is 0.125. The Bertz CT molecular complexity index is 1090. The summed E-state index contributed by atoms with van der Waals surface area (Å²) in [6, 6.07) is 26.0. The van der Waals surface area contributed by atoms with Crippen LogP contribution >= 0.6 is 11.6 Å². The maximum Gasteiger partial charge on any atom is 0.203 e. The van der Waals surface area contributed by atoms with Crippen molar-refractivity contribution in [1.82, 2.24) is 9.55 Å². The first-order chi connectivity index (χ1) is 14.2. The van der Waals surface area contributed by atoms with Crippen LogP contribution in [-0.4, -0.2) is 9.55 Å². The van der Waals surface area contributed by atoms with Crippen molar-refractivity contribution in [2.24, 2.45) is 7.05 Å². The van der Waals surface area contributed by atoms with Gasteiger partial charge in [0.25, 0.3) is 0 Å². The molecule has 146 valence electrons. The van der Waals surface area contributed by atoms with Gasteiger partial charge >= 0.3 is 0 Å². The van der Waals surface area contributed by atoms with E-state index in [9.17, 15) is 0 Å². The molecule has 0 atom stereocenters. The molecular formula is C24H22ClN3O. The number of anilines is 1. The van der Waals surface area contributed by atoms with Gasteiger partial charge in [0.1, 0.15) is 12.4 Å². The van der Waals surface area contributed by atoms with Crippen LogP contribution in [0.15, 0.2) is 85.1 Å². The smallest absolute Gasteiger partial charge is 0.203 e. The first-order valence-corrected chi connectivity index (χ1v) is 9.84. The lowest BCUT2D eigenvalue weighted by molar-refractivity contribution is 0.306. The van der Waals surface area contributed by atoms with E-state index in [1.165, 1.54) is 0 Å². The topological polar surface area (TPSA) is 39.1 Å². The van der Waals surface area contributed by atoms with Gasteiger partial charge in [0.2, 0.25) is 5.95 Å². The van der Waals surface area contributed by atoms with Crippen LogP contribution in [0.25, 0.3) is 11.3 Å². The van der Waals surface area contributed by atoms with E-state index in [4.69, 9.17) is 16.3 Å². The fourth-order valence-electron chi connectivity index (χ4n) is 3.16. The lowest BCUT2D eigenvalue weighted by Gasteiger charge is -2.11. The summed E-state index contributed by atoms with van der Waals surface area (Å²) in [6.45, 7) is 1.21. The molecule has 0 fully saturated rings. The van der Waals surface area contributed by atoms with Crippen LogP contribution in [0.3, 0.4) is 0 Å². The number of nitrogens with zero attached hydrogens (tertiary/aromatic N) is 2. The van der Waals surface area contributed by atoms with E-state index in [0.717, 1.165) is 34.1 Å². The fourth-order valence-corrected chi connectivity index (χ4v) is 3.35. The molecule has 1 heterocycles. The molecule has 3 aromatic carbocycles. The van der Waals surface area contributed by atoms with Crippen LogP contribution in [0.4, 0.5) is 5.95 Å². The molecule has 1 aromatic heterocycles. The van der Waals surface area contributed by atoms with Crippen LogP contribution in [0.1, 0.15) is 11.1 Å². The number of hydrogen-bond acceptors (Lipinski definition) is 3. The van der Waals surface area contributed by atoms with E-state index >= 15 is 0 Å². The maximum absolute atomic E-state index is 6.12. The third-order valence-electron chi connectivity index (χ3n) is 4.71. The molecule has 29 heavy (non-hydrogen) atoms. The van der Waals surface area contributed by atoms with Gasteiger partial charge in [-0.1, -0.05) is 66.2 Å². The van der Waals surface area contributed by atoms with Gasteiger partial charge < -0.3 is 14.6 Å². The van der Waals surface area contributed by atoms with Crippen molar-refractivity contribution in [3.05, 3.63) is 101 Å². The summed E-state index contributed by atoms with van der Waals surface area (Å²) in [7, 11) is 1.99. The molecule has 0 aliphatic rings. The molecule has 0 amide bonds. The maximum atomic E-state index is 6.12. The Labute approximate surface area is 175 Å². The second-order valence-electron chi connectivity index (χ2n) is 6.81. The molecule has 5 heteroatoms. The van der Waals surface area contributed by atoms with E-state index < -0.39 is 0 Å². The molecule has 1 N–H and O–H groups in total. The van der Waals surface area contributed by atoms with Gasteiger partial charge in [0.15, 0.2) is 0 Å². The van der Waals surface area contributed by atoms with Crippen molar-refractivity contribution >= 4 is 17.5 Å². The molecular weight excluding hydrogens is 382 g/mol. The molecule has 4 aromatic rings. The highest BCUT2D eigenvalue weighted by Crippen LogP contribution is 2.25. The van der Waals surface area contributed by atoms with Crippen molar-refractivity contribution in [3.63, 3.8) is 0 Å². The van der Waals surface area contributed by atoms with Gasteiger partial charge in [-0.15, -0.1) is 0 Å². The Morgan fingerprint density at radius 3 is 2.55 bits per heavy atom. The lowest BCUT2D eigenvalue weighted by Crippen LogP contribution is -2.06. The summed E-state index contributed by atoms with van der Waals surface area (Å²) in [5, 5.41) is 4.11. The monoisotopic (exact) mass is 403 g/mol. The van der Waals surface area contributed by atoms with Crippen LogP contribution < -0.4 is 10.1 Å². The van der Waals surface area contributed by atoms with Crippen LogP contribution in [-0.2, 0) is 20.2 Å². The summed E-state index contributed by atoms with van der Waals surface area (Å²) < 4.78 is 7.95. The number of imidazole rings is 1. The highest BCUT2D eigenvalue weighted by molar-refractivity contribution is 6.30. The average Bonchev–Trinajstić information content (AvgIpc) is 3.12. The van der Waals surface area contributed by atoms with Crippen LogP contribution in [0, 0.1) is 0 Å². The lowest BCUT2D eigenvalue weighted by atomic mass is 10.2. The number of hydrogen-bond donors (Lipinski definition) is 1. The minimum Gasteiger partial charge on any atom is -0.489 e. The molecule has 0 unspecified atom stereocenters. The van der Waals surface area contributed by atoms with E-state index in [1.54, 1.807) is 0 Å². The van der Waals surface area contributed by atoms with Crippen molar-refractivity contribution in [2.75, 3.05) is 5.32 Å². The summed E-state index contributed by atoms with van der Waals surface area (Å²) in [5.41, 5.74) is 4.33. The van der Waals surface area contributed by atoms with Gasteiger partial charge in [-0.25, -0.2) is 4.98 Å². The molecule has 0 spiro atoms. The molecule has 0 aliphatic carbocycles. The largest absolute Gasteiger partial charge is 0.489 e. The third kappa shape index (κ3) is 4.79. The average molecular weight is 404 g/mol. The van der Waals surface area contributed by atoms with Crippen LogP contribution in [0.2, 0.25) is 5.02 Å². The third-order valence-corrected chi connectivity index (χ3v) is 4.94. The Morgan fingerprint density at radius 2 is 1.72 bits per heavy atom. The van der Waals surface area contributed by atoms with Crippen LogP contribution in [0.5, 0.6) is 5.75 Å². The van der Waals surface area contributed by atoms with E-state index in [-0.39, 0.29) is 0 Å². The van der Waals surface area contributed by atoms with Gasteiger partial charge in [-0.2, -0.15) is 0 Å². The predicted molar refractivity (Wildman–Crippen MR) is 118 cm³/mol. The SMILES string of the molecule is Cn1c(-c2cccc(Cl)c2)cnc1NCc1cccc(OCc2ccccc2)c1. The molecule has 4 rings (SSSR count). The summed E-state index contributed by atoms with van der Waals surface area (Å²) in [5.74, 6) is 1.66. The number of halogens is 1. The second kappa shape index (κ2) is 8.84. The minimum absolute atomic E-state index is 0.556. The first-order valence-electron chi connectivity index (χ1n) is 9.46. The second-order valence-corrected chi connectivity index (χ2v) is 7.25. The molecule has 0 bridgehead atoms. The zero-order valence-corrected chi connectivity index (χ0v) is 16.9. The van der Waals surface area contributed by atoms with Gasteiger partial charge in [-0.05, 0) is 35.4 Å². The Hall–Kier alpha value is -3.24. The normalized spacial score (nSPS) is 10.7. The highest BCUT2D eigenvalue weighted by Gasteiger charge is 2.09. The Kier molecular flexibility index (Phi) is 5.82. The summed E-state index contributed by atoms with van der Waals surface area (Å²) in [6.07, 6.45) is 1.85. The number of aromatic nitrogens is 2. The van der Waals surface area contributed by atoms with E-state index in [0.29, 0.717) is 18.2 Å². The molecule has 0 saturated carbocycles. The van der Waals surface area contributed by atoms with Crippen molar-refractivity contribution in [1.29, 1.82) is 0 Å². The number of ether oxygens (including phenoxy) is 1.